The van der Waals surface area contributed by atoms with Crippen LogP contribution in [0.15, 0.2) is 27.5 Å². The van der Waals surface area contributed by atoms with Gasteiger partial charge in [0.2, 0.25) is 21.6 Å². The van der Waals surface area contributed by atoms with Crippen molar-refractivity contribution in [1.29, 1.82) is 0 Å². The number of hydrogen-bond acceptors (Lipinski definition) is 8. The van der Waals surface area contributed by atoms with Crippen molar-refractivity contribution in [2.24, 2.45) is 5.92 Å². The molecular weight excluding hydrogens is 472 g/mol. The summed E-state index contributed by atoms with van der Waals surface area (Å²) in [6.45, 7) is 7.17. The molecule has 1 aliphatic heterocycles. The number of likely N-dealkylation sites (N-methyl/N-ethyl adjacent to an activating group) is 1. The zero-order chi connectivity index (χ0) is 25.7. The lowest BCUT2D eigenvalue weighted by atomic mass is 9.86. The number of furan rings is 1. The molecule has 4 rings (SSSR count). The van der Waals surface area contributed by atoms with E-state index in [1.165, 1.54) is 25.4 Å². The average molecular weight is 505 g/mol. The van der Waals surface area contributed by atoms with Gasteiger partial charge in [0, 0.05) is 51.5 Å². The van der Waals surface area contributed by atoms with Crippen LogP contribution in [0.25, 0.3) is 0 Å². The fourth-order valence-corrected chi connectivity index (χ4v) is 6.39. The molecule has 2 aromatic rings. The van der Waals surface area contributed by atoms with Crippen LogP contribution in [0.5, 0.6) is 0 Å². The Kier molecular flexibility index (Phi) is 6.80. The summed E-state index contributed by atoms with van der Waals surface area (Å²) in [6, 6.07) is 5.11. The van der Waals surface area contributed by atoms with Gasteiger partial charge in [-0.3, -0.25) is 9.59 Å². The van der Waals surface area contributed by atoms with E-state index in [-0.39, 0.29) is 46.2 Å². The van der Waals surface area contributed by atoms with Crippen molar-refractivity contribution >= 4 is 21.6 Å². The van der Waals surface area contributed by atoms with Gasteiger partial charge in [-0.15, -0.1) is 0 Å². The van der Waals surface area contributed by atoms with Crippen molar-refractivity contribution in [3.63, 3.8) is 0 Å². The number of benzene rings is 1. The summed E-state index contributed by atoms with van der Waals surface area (Å²) in [7, 11) is 0.369. The number of rotatable bonds is 7. The van der Waals surface area contributed by atoms with Crippen molar-refractivity contribution < 1.29 is 31.9 Å². The van der Waals surface area contributed by atoms with E-state index < -0.39 is 27.4 Å². The minimum Gasteiger partial charge on any atom is -0.450 e. The van der Waals surface area contributed by atoms with Crippen LogP contribution in [0.3, 0.4) is 0 Å². The highest BCUT2D eigenvalue weighted by Crippen LogP contribution is 2.42. The van der Waals surface area contributed by atoms with Crippen LogP contribution in [0.4, 0.5) is 0 Å². The molecule has 1 fully saturated rings. The predicted molar refractivity (Wildman–Crippen MR) is 128 cm³/mol. The van der Waals surface area contributed by atoms with E-state index in [0.29, 0.717) is 19.0 Å². The molecule has 1 aliphatic carbocycles. The molecule has 1 aromatic carbocycles. The summed E-state index contributed by atoms with van der Waals surface area (Å²) in [5, 5.41) is 0. The number of carbonyl (C=O) groups excluding carboxylic acids is 2. The second-order valence-electron chi connectivity index (χ2n) is 9.66. The Morgan fingerprint density at radius 3 is 2.23 bits per heavy atom. The second kappa shape index (κ2) is 9.25. The van der Waals surface area contributed by atoms with Crippen molar-refractivity contribution in [1.82, 2.24) is 9.21 Å². The monoisotopic (exact) mass is 504 g/mol. The molecule has 0 radical (unpaired) electrons. The first-order valence-corrected chi connectivity index (χ1v) is 13.1. The van der Waals surface area contributed by atoms with Gasteiger partial charge in [-0.05, 0) is 44.0 Å². The largest absolute Gasteiger partial charge is 0.450 e. The molecule has 0 unspecified atom stereocenters. The molecule has 0 amide bonds. The molecule has 0 saturated carbocycles. The fourth-order valence-electron chi connectivity index (χ4n) is 4.59. The van der Waals surface area contributed by atoms with Crippen LogP contribution in [0.1, 0.15) is 64.1 Å². The zero-order valence-electron chi connectivity index (χ0n) is 21.0. The van der Waals surface area contributed by atoms with Crippen LogP contribution < -0.4 is 0 Å². The van der Waals surface area contributed by atoms with Crippen LogP contribution >= 0.6 is 0 Å². The third-order valence-corrected chi connectivity index (χ3v) is 8.72. The minimum absolute atomic E-state index is 0.180. The maximum absolute atomic E-state index is 14.0. The number of carbonyl (C=O) groups is 2. The highest BCUT2D eigenvalue weighted by atomic mass is 32.2. The molecule has 1 saturated heterocycles. The maximum Gasteiger partial charge on any atom is 0.247 e. The normalized spacial score (nSPS) is 17.7. The predicted octanol–water partition coefficient (Wildman–Crippen LogP) is 2.66. The first-order chi connectivity index (χ1) is 16.4. The zero-order valence-corrected chi connectivity index (χ0v) is 21.8. The smallest absolute Gasteiger partial charge is 0.247 e. The van der Waals surface area contributed by atoms with Gasteiger partial charge in [-0.1, -0.05) is 19.9 Å². The van der Waals surface area contributed by atoms with Crippen molar-refractivity contribution in [3.05, 3.63) is 52.0 Å². The lowest BCUT2D eigenvalue weighted by Crippen LogP contribution is -2.47. The van der Waals surface area contributed by atoms with Gasteiger partial charge in [0.1, 0.15) is 4.90 Å². The van der Waals surface area contributed by atoms with Crippen molar-refractivity contribution in [2.75, 3.05) is 47.4 Å². The minimum atomic E-state index is -4.23. The SMILES string of the molecule is COC(C)(OC)c1oc2c(c1S(=O)(=O)N1CCN(C)CC1)C(=O)c1cc(CC(C)C)ccc1C2=O. The summed E-state index contributed by atoms with van der Waals surface area (Å²) in [6.07, 6.45) is 0.718. The molecule has 1 aromatic heterocycles. The molecule has 0 spiro atoms. The molecule has 35 heavy (non-hydrogen) atoms. The second-order valence-corrected chi connectivity index (χ2v) is 11.5. The van der Waals surface area contributed by atoms with E-state index in [9.17, 15) is 18.0 Å². The van der Waals surface area contributed by atoms with Gasteiger partial charge in [0.25, 0.3) is 0 Å². The van der Waals surface area contributed by atoms with Gasteiger partial charge in [-0.2, -0.15) is 4.31 Å². The Morgan fingerprint density at radius 1 is 1.03 bits per heavy atom. The molecule has 2 heterocycles. The highest BCUT2D eigenvalue weighted by molar-refractivity contribution is 7.89. The lowest BCUT2D eigenvalue weighted by Gasteiger charge is -2.32. The Hall–Kier alpha value is -2.37. The summed E-state index contributed by atoms with van der Waals surface area (Å²) in [5.74, 6) is -2.91. The third kappa shape index (κ3) is 4.27. The van der Waals surface area contributed by atoms with E-state index in [1.54, 1.807) is 12.1 Å². The third-order valence-electron chi connectivity index (χ3n) is 6.77. The average Bonchev–Trinajstić information content (AvgIpc) is 3.25. The maximum atomic E-state index is 14.0. The molecule has 2 aliphatic rings. The Labute approximate surface area is 206 Å². The van der Waals surface area contributed by atoms with E-state index >= 15 is 0 Å². The number of ketones is 2. The topological polar surface area (TPSA) is 106 Å². The number of methoxy groups -OCH3 is 2. The van der Waals surface area contributed by atoms with E-state index in [1.807, 2.05) is 18.0 Å². The standard InChI is InChI=1S/C25H32N2O7S/c1-15(2)13-16-7-8-17-18(14-16)20(28)19-22(21(17)29)34-24(25(3,32-5)33-6)23(19)35(30,31)27-11-9-26(4)10-12-27/h7-8,14-15H,9-13H2,1-6H3. The fraction of sp³-hybridized carbons (Fsp3) is 0.520. The number of sulfonamides is 1. The van der Waals surface area contributed by atoms with Gasteiger partial charge in [0.05, 0.1) is 5.56 Å². The van der Waals surface area contributed by atoms with E-state index in [4.69, 9.17) is 13.9 Å². The Morgan fingerprint density at radius 2 is 1.66 bits per heavy atom. The first kappa shape index (κ1) is 25.7. The number of piperazine rings is 1. The molecule has 0 bridgehead atoms. The summed E-state index contributed by atoms with van der Waals surface area (Å²) < 4.78 is 46.1. The molecule has 0 atom stereocenters. The molecule has 9 nitrogen and oxygen atoms in total. The van der Waals surface area contributed by atoms with Gasteiger partial charge < -0.3 is 18.8 Å². The first-order valence-electron chi connectivity index (χ1n) is 11.6. The van der Waals surface area contributed by atoms with E-state index in [2.05, 4.69) is 13.8 Å². The van der Waals surface area contributed by atoms with Crippen molar-refractivity contribution in [3.8, 4) is 0 Å². The van der Waals surface area contributed by atoms with Gasteiger partial charge >= 0.3 is 0 Å². The Balaban J connectivity index is 1.95. The van der Waals surface area contributed by atoms with Gasteiger partial charge in [0.15, 0.2) is 17.3 Å². The van der Waals surface area contributed by atoms with Crippen LogP contribution in [0.2, 0.25) is 0 Å². The van der Waals surface area contributed by atoms with Crippen molar-refractivity contribution in [2.45, 2.75) is 37.9 Å². The number of nitrogens with zero attached hydrogens (tertiary/aromatic N) is 2. The quantitative estimate of drug-likeness (QED) is 0.452. The van der Waals surface area contributed by atoms with Crippen LogP contribution in [-0.4, -0.2) is 76.6 Å². The molecular formula is C25H32N2O7S. The summed E-state index contributed by atoms with van der Waals surface area (Å²) in [5.41, 5.74) is 1.02. The van der Waals surface area contributed by atoms with Crippen LogP contribution in [0, 0.1) is 5.92 Å². The number of fused-ring (bicyclic) bond motifs is 2. The summed E-state index contributed by atoms with van der Waals surface area (Å²) >= 11 is 0. The number of ether oxygens (including phenoxy) is 2. The molecule has 0 N–H and O–H groups in total. The summed E-state index contributed by atoms with van der Waals surface area (Å²) in [4.78, 5) is 28.9. The number of hydrogen-bond donors (Lipinski definition) is 0. The van der Waals surface area contributed by atoms with Crippen LogP contribution in [-0.2, 0) is 31.7 Å². The molecule has 10 heteroatoms. The van der Waals surface area contributed by atoms with E-state index in [0.717, 1.165) is 12.0 Å². The Bertz CT molecular complexity index is 1270. The molecule has 190 valence electrons. The van der Waals surface area contributed by atoms with Gasteiger partial charge in [-0.25, -0.2) is 8.42 Å². The highest BCUT2D eigenvalue weighted by Gasteiger charge is 2.48. The lowest BCUT2D eigenvalue weighted by molar-refractivity contribution is -0.214.